The van der Waals surface area contributed by atoms with Crippen LogP contribution in [0.1, 0.15) is 17.9 Å². The quantitative estimate of drug-likeness (QED) is 0.771. The van der Waals surface area contributed by atoms with Crippen molar-refractivity contribution in [2.24, 2.45) is 0 Å². The van der Waals surface area contributed by atoms with Gasteiger partial charge in [-0.25, -0.2) is 0 Å². The fourth-order valence-corrected chi connectivity index (χ4v) is 1.94. The number of benzene rings is 1. The number of hydrogen-bond acceptors (Lipinski definition) is 2. The zero-order chi connectivity index (χ0) is 12.3. The molecule has 0 saturated heterocycles. The second-order valence-corrected chi connectivity index (χ2v) is 3.93. The fraction of sp³-hybridized carbons (Fsp3) is 0.231. The minimum Gasteiger partial charge on any atom is -0.352 e. The number of nitrogens with one attached hydrogen (secondary N) is 2. The molecule has 1 heterocycles. The molecule has 0 bridgehead atoms. The van der Waals surface area contributed by atoms with Gasteiger partial charge in [0.05, 0.1) is 5.92 Å². The van der Waals surface area contributed by atoms with Crippen LogP contribution in [0.15, 0.2) is 36.9 Å². The molecule has 0 fully saturated rings. The maximum Gasteiger partial charge on any atom is 0.228 e. The van der Waals surface area contributed by atoms with E-state index >= 15 is 0 Å². The highest BCUT2D eigenvalue weighted by Gasteiger charge is 2.29. The van der Waals surface area contributed by atoms with E-state index in [1.165, 1.54) is 0 Å². The van der Waals surface area contributed by atoms with Gasteiger partial charge in [-0.15, -0.1) is 6.58 Å². The Morgan fingerprint density at radius 3 is 3.06 bits per heavy atom. The van der Waals surface area contributed by atoms with Crippen molar-refractivity contribution < 1.29 is 9.59 Å². The minimum absolute atomic E-state index is 0.123. The van der Waals surface area contributed by atoms with Crippen LogP contribution < -0.4 is 10.6 Å². The van der Waals surface area contributed by atoms with Crippen LogP contribution in [0.5, 0.6) is 0 Å². The molecule has 2 N–H and O–H groups in total. The van der Waals surface area contributed by atoms with Crippen molar-refractivity contribution in [2.75, 3.05) is 11.9 Å². The zero-order valence-electron chi connectivity index (χ0n) is 9.40. The van der Waals surface area contributed by atoms with E-state index in [4.69, 9.17) is 0 Å². The molecule has 1 aliphatic heterocycles. The molecule has 0 radical (unpaired) electrons. The number of carbonyl (C=O) groups excluding carboxylic acids is 2. The van der Waals surface area contributed by atoms with E-state index < -0.39 is 5.92 Å². The molecule has 4 heteroatoms. The zero-order valence-corrected chi connectivity index (χ0v) is 9.40. The van der Waals surface area contributed by atoms with Crippen LogP contribution >= 0.6 is 0 Å². The maximum atomic E-state index is 11.9. The Morgan fingerprint density at radius 2 is 2.29 bits per heavy atom. The van der Waals surface area contributed by atoms with Gasteiger partial charge in [0.15, 0.2) is 0 Å². The summed E-state index contributed by atoms with van der Waals surface area (Å²) in [6.07, 6.45) is 1.81. The van der Waals surface area contributed by atoms with E-state index in [-0.39, 0.29) is 18.2 Å². The monoisotopic (exact) mass is 230 g/mol. The Hall–Kier alpha value is -2.10. The summed E-state index contributed by atoms with van der Waals surface area (Å²) in [5, 5.41) is 5.49. The molecule has 0 spiro atoms. The van der Waals surface area contributed by atoms with Gasteiger partial charge in [-0.2, -0.15) is 0 Å². The van der Waals surface area contributed by atoms with Gasteiger partial charge in [0, 0.05) is 18.7 Å². The number of anilines is 1. The lowest BCUT2D eigenvalue weighted by Crippen LogP contribution is -2.35. The maximum absolute atomic E-state index is 11.9. The summed E-state index contributed by atoms with van der Waals surface area (Å²) in [6.45, 7) is 3.96. The first kappa shape index (κ1) is 11.4. The average molecular weight is 230 g/mol. The van der Waals surface area contributed by atoms with Gasteiger partial charge in [-0.05, 0) is 11.6 Å². The standard InChI is InChI=1S/C13H14N2O2/c1-2-7-14-13(17)10-8-12(16)15-11-6-4-3-5-9(10)11/h2-6,10H,1,7-8H2,(H,14,17)(H,15,16). The molecule has 0 aromatic heterocycles. The van der Waals surface area contributed by atoms with E-state index in [1.54, 1.807) is 12.1 Å². The SMILES string of the molecule is C=CCNC(=O)C1CC(=O)Nc2ccccc21. The predicted molar refractivity (Wildman–Crippen MR) is 65.6 cm³/mol. The van der Waals surface area contributed by atoms with Crippen molar-refractivity contribution in [1.29, 1.82) is 0 Å². The molecule has 1 atom stereocenters. The lowest BCUT2D eigenvalue weighted by molar-refractivity contribution is -0.126. The molecule has 4 nitrogen and oxygen atoms in total. The lowest BCUT2D eigenvalue weighted by Gasteiger charge is -2.24. The minimum atomic E-state index is -0.403. The first-order valence-corrected chi connectivity index (χ1v) is 5.49. The van der Waals surface area contributed by atoms with Gasteiger partial charge < -0.3 is 10.6 Å². The summed E-state index contributed by atoms with van der Waals surface area (Å²) in [6, 6.07) is 7.38. The molecule has 1 aromatic carbocycles. The summed E-state index contributed by atoms with van der Waals surface area (Å²) in [5.41, 5.74) is 1.59. The third-order valence-electron chi connectivity index (χ3n) is 2.74. The van der Waals surface area contributed by atoms with E-state index in [1.807, 2.05) is 18.2 Å². The van der Waals surface area contributed by atoms with E-state index in [0.29, 0.717) is 6.54 Å². The van der Waals surface area contributed by atoms with Gasteiger partial charge >= 0.3 is 0 Å². The Kier molecular flexibility index (Phi) is 3.23. The topological polar surface area (TPSA) is 58.2 Å². The van der Waals surface area contributed by atoms with Crippen LogP contribution in [0.3, 0.4) is 0 Å². The Morgan fingerprint density at radius 1 is 1.53 bits per heavy atom. The predicted octanol–water partition coefficient (Wildman–Crippen LogP) is 1.41. The van der Waals surface area contributed by atoms with Crippen LogP contribution in [0, 0.1) is 0 Å². The molecule has 1 aliphatic rings. The number of carbonyl (C=O) groups is 2. The molecule has 1 aromatic rings. The third-order valence-corrected chi connectivity index (χ3v) is 2.74. The number of amides is 2. The molecule has 88 valence electrons. The summed E-state index contributed by atoms with van der Waals surface area (Å²) < 4.78 is 0. The first-order chi connectivity index (χ1) is 8.22. The van der Waals surface area contributed by atoms with Gasteiger partial charge in [-0.3, -0.25) is 9.59 Å². The summed E-state index contributed by atoms with van der Waals surface area (Å²) in [4.78, 5) is 23.4. The smallest absolute Gasteiger partial charge is 0.228 e. The first-order valence-electron chi connectivity index (χ1n) is 5.49. The summed E-state index contributed by atoms with van der Waals surface area (Å²) in [5.74, 6) is -0.658. The van der Waals surface area contributed by atoms with Gasteiger partial charge in [0.2, 0.25) is 11.8 Å². The average Bonchev–Trinajstić information content (AvgIpc) is 2.34. The van der Waals surface area contributed by atoms with Crippen molar-refractivity contribution >= 4 is 17.5 Å². The van der Waals surface area contributed by atoms with E-state index in [0.717, 1.165) is 11.3 Å². The Balaban J connectivity index is 2.26. The molecule has 17 heavy (non-hydrogen) atoms. The number of hydrogen-bond donors (Lipinski definition) is 2. The number of para-hydroxylation sites is 1. The van der Waals surface area contributed by atoms with Crippen molar-refractivity contribution in [3.63, 3.8) is 0 Å². The van der Waals surface area contributed by atoms with Crippen LogP contribution in [0.2, 0.25) is 0 Å². The van der Waals surface area contributed by atoms with Crippen molar-refractivity contribution in [3.05, 3.63) is 42.5 Å². The molecule has 0 aliphatic carbocycles. The largest absolute Gasteiger partial charge is 0.352 e. The van der Waals surface area contributed by atoms with Crippen LogP contribution in [-0.2, 0) is 9.59 Å². The summed E-state index contributed by atoms with van der Waals surface area (Å²) in [7, 11) is 0. The highest BCUT2D eigenvalue weighted by Crippen LogP contribution is 2.31. The summed E-state index contributed by atoms with van der Waals surface area (Å²) >= 11 is 0. The van der Waals surface area contributed by atoms with Crippen LogP contribution in [0.4, 0.5) is 5.69 Å². The van der Waals surface area contributed by atoms with Gasteiger partial charge in [-0.1, -0.05) is 24.3 Å². The lowest BCUT2D eigenvalue weighted by atomic mass is 9.90. The molecule has 2 amide bonds. The van der Waals surface area contributed by atoms with Crippen molar-refractivity contribution in [3.8, 4) is 0 Å². The van der Waals surface area contributed by atoms with Crippen LogP contribution in [0.25, 0.3) is 0 Å². The van der Waals surface area contributed by atoms with Crippen molar-refractivity contribution in [1.82, 2.24) is 5.32 Å². The second-order valence-electron chi connectivity index (χ2n) is 3.93. The Bertz CT molecular complexity index is 468. The third kappa shape index (κ3) is 2.36. The van der Waals surface area contributed by atoms with Crippen LogP contribution in [-0.4, -0.2) is 18.4 Å². The molecule has 0 saturated carbocycles. The number of rotatable bonds is 3. The van der Waals surface area contributed by atoms with Gasteiger partial charge in [0.25, 0.3) is 0 Å². The molecule has 2 rings (SSSR count). The highest BCUT2D eigenvalue weighted by atomic mass is 16.2. The number of fused-ring (bicyclic) bond motifs is 1. The normalized spacial score (nSPS) is 17.9. The molecule has 1 unspecified atom stereocenters. The Labute approximate surface area is 99.7 Å². The van der Waals surface area contributed by atoms with E-state index in [9.17, 15) is 9.59 Å². The van der Waals surface area contributed by atoms with Crippen molar-refractivity contribution in [2.45, 2.75) is 12.3 Å². The molecular formula is C13H14N2O2. The van der Waals surface area contributed by atoms with Gasteiger partial charge in [0.1, 0.15) is 0 Å². The highest BCUT2D eigenvalue weighted by molar-refractivity contribution is 6.01. The van der Waals surface area contributed by atoms with E-state index in [2.05, 4.69) is 17.2 Å². The fourth-order valence-electron chi connectivity index (χ4n) is 1.94. The second kappa shape index (κ2) is 4.82. The molecular weight excluding hydrogens is 216 g/mol.